The van der Waals surface area contributed by atoms with Gasteiger partial charge in [0.2, 0.25) is 0 Å². The van der Waals surface area contributed by atoms with Gasteiger partial charge in [-0.15, -0.1) is 0 Å². The molecule has 3 rings (SSSR count). The molecule has 1 atom stereocenters. The van der Waals surface area contributed by atoms with Crippen molar-refractivity contribution in [2.45, 2.75) is 19.9 Å². The summed E-state index contributed by atoms with van der Waals surface area (Å²) in [5.74, 6) is 0.100. The molecule has 0 radical (unpaired) electrons. The van der Waals surface area contributed by atoms with E-state index in [0.29, 0.717) is 17.9 Å². The molecule has 2 aromatic rings. The zero-order valence-electron chi connectivity index (χ0n) is 19.8. The SMILES string of the molecule is CCOC(=O)C1=C(COC(=O)/C=C/c2ccc(OCC)cc2)NC(=O)NC1c1ccc(OC)cc1. The topological polar surface area (TPSA) is 112 Å². The highest BCUT2D eigenvalue weighted by atomic mass is 16.5. The second-order valence-corrected chi connectivity index (χ2v) is 7.36. The predicted molar refractivity (Wildman–Crippen MR) is 129 cm³/mol. The van der Waals surface area contributed by atoms with Crippen molar-refractivity contribution in [3.8, 4) is 11.5 Å². The van der Waals surface area contributed by atoms with Crippen molar-refractivity contribution in [1.29, 1.82) is 0 Å². The van der Waals surface area contributed by atoms with Crippen LogP contribution in [0.15, 0.2) is 65.9 Å². The minimum atomic E-state index is -0.790. The van der Waals surface area contributed by atoms with Gasteiger partial charge < -0.3 is 29.6 Å². The molecule has 0 saturated heterocycles. The first-order valence-corrected chi connectivity index (χ1v) is 11.1. The normalized spacial score (nSPS) is 15.3. The maximum atomic E-state index is 12.8. The van der Waals surface area contributed by atoms with Crippen molar-refractivity contribution in [3.05, 3.63) is 77.0 Å². The Morgan fingerprint density at radius 3 is 2.26 bits per heavy atom. The molecule has 0 spiro atoms. The summed E-state index contributed by atoms with van der Waals surface area (Å²) in [6.45, 7) is 3.97. The highest BCUT2D eigenvalue weighted by Crippen LogP contribution is 2.29. The number of carbonyl (C=O) groups is 3. The van der Waals surface area contributed by atoms with Gasteiger partial charge in [-0.2, -0.15) is 0 Å². The molecule has 1 unspecified atom stereocenters. The van der Waals surface area contributed by atoms with E-state index in [4.69, 9.17) is 18.9 Å². The molecule has 9 heteroatoms. The Labute approximate surface area is 203 Å². The lowest BCUT2D eigenvalue weighted by Crippen LogP contribution is -2.47. The number of carbonyl (C=O) groups excluding carboxylic acids is 3. The number of methoxy groups -OCH3 is 1. The van der Waals surface area contributed by atoms with Gasteiger partial charge in [0, 0.05) is 6.08 Å². The molecule has 2 aromatic carbocycles. The lowest BCUT2D eigenvalue weighted by molar-refractivity contribution is -0.140. The molecule has 1 aliphatic rings. The summed E-state index contributed by atoms with van der Waals surface area (Å²) >= 11 is 0. The molecule has 184 valence electrons. The molecule has 0 aromatic heterocycles. The molecule has 0 aliphatic carbocycles. The van der Waals surface area contributed by atoms with Crippen LogP contribution in [0.3, 0.4) is 0 Å². The minimum Gasteiger partial charge on any atom is -0.497 e. The highest BCUT2D eigenvalue weighted by Gasteiger charge is 2.34. The molecule has 0 bridgehead atoms. The molecule has 1 heterocycles. The second-order valence-electron chi connectivity index (χ2n) is 7.36. The van der Waals surface area contributed by atoms with Crippen LogP contribution in [0.2, 0.25) is 0 Å². The van der Waals surface area contributed by atoms with E-state index in [0.717, 1.165) is 11.3 Å². The quantitative estimate of drug-likeness (QED) is 0.395. The third-order valence-electron chi connectivity index (χ3n) is 5.06. The molecular weight excluding hydrogens is 452 g/mol. The van der Waals surface area contributed by atoms with Gasteiger partial charge in [-0.05, 0) is 55.3 Å². The molecular formula is C26H28N2O7. The van der Waals surface area contributed by atoms with E-state index >= 15 is 0 Å². The Bertz CT molecular complexity index is 1110. The number of hydrogen-bond donors (Lipinski definition) is 2. The third kappa shape index (κ3) is 6.86. The van der Waals surface area contributed by atoms with Crippen molar-refractivity contribution in [2.75, 3.05) is 26.9 Å². The number of urea groups is 1. The third-order valence-corrected chi connectivity index (χ3v) is 5.06. The van der Waals surface area contributed by atoms with Crippen LogP contribution in [0, 0.1) is 0 Å². The zero-order chi connectivity index (χ0) is 25.2. The largest absolute Gasteiger partial charge is 0.497 e. The van der Waals surface area contributed by atoms with Crippen molar-refractivity contribution in [2.24, 2.45) is 0 Å². The summed E-state index contributed by atoms with van der Waals surface area (Å²) in [4.78, 5) is 37.4. The van der Waals surface area contributed by atoms with Gasteiger partial charge >= 0.3 is 18.0 Å². The number of ether oxygens (including phenoxy) is 4. The van der Waals surface area contributed by atoms with E-state index in [1.54, 1.807) is 56.5 Å². The molecule has 9 nitrogen and oxygen atoms in total. The predicted octanol–water partition coefficient (Wildman–Crippen LogP) is 3.52. The fourth-order valence-electron chi connectivity index (χ4n) is 3.43. The van der Waals surface area contributed by atoms with Crippen LogP contribution < -0.4 is 20.1 Å². The summed E-state index contributed by atoms with van der Waals surface area (Å²) in [7, 11) is 1.54. The van der Waals surface area contributed by atoms with E-state index in [1.165, 1.54) is 6.08 Å². The Morgan fingerprint density at radius 2 is 1.63 bits per heavy atom. The first kappa shape index (κ1) is 25.4. The number of nitrogens with one attached hydrogen (secondary N) is 2. The molecule has 35 heavy (non-hydrogen) atoms. The van der Waals surface area contributed by atoms with Crippen LogP contribution in [0.25, 0.3) is 6.08 Å². The summed E-state index contributed by atoms with van der Waals surface area (Å²) in [6, 6.07) is 12.8. The molecule has 2 N–H and O–H groups in total. The van der Waals surface area contributed by atoms with Gasteiger partial charge in [0.25, 0.3) is 0 Å². The zero-order valence-corrected chi connectivity index (χ0v) is 19.8. The lowest BCUT2D eigenvalue weighted by atomic mass is 9.95. The average Bonchev–Trinajstić information content (AvgIpc) is 2.87. The maximum Gasteiger partial charge on any atom is 0.338 e. The minimum absolute atomic E-state index is 0.142. The van der Waals surface area contributed by atoms with Gasteiger partial charge in [-0.25, -0.2) is 14.4 Å². The number of benzene rings is 2. The number of esters is 2. The van der Waals surface area contributed by atoms with Gasteiger partial charge in [-0.3, -0.25) is 0 Å². The number of rotatable bonds is 10. The Hall–Kier alpha value is -4.27. The molecule has 2 amide bonds. The van der Waals surface area contributed by atoms with Crippen LogP contribution in [0.1, 0.15) is 31.0 Å². The van der Waals surface area contributed by atoms with Crippen LogP contribution >= 0.6 is 0 Å². The monoisotopic (exact) mass is 480 g/mol. The van der Waals surface area contributed by atoms with Crippen molar-refractivity contribution < 1.29 is 33.3 Å². The van der Waals surface area contributed by atoms with Crippen molar-refractivity contribution in [3.63, 3.8) is 0 Å². The summed E-state index contributed by atoms with van der Waals surface area (Å²) in [6.07, 6.45) is 2.87. The van der Waals surface area contributed by atoms with Crippen LogP contribution in [-0.2, 0) is 19.1 Å². The maximum absolute atomic E-state index is 12.8. The fraction of sp³-hybridized carbons (Fsp3) is 0.269. The fourth-order valence-corrected chi connectivity index (χ4v) is 3.43. The van der Waals surface area contributed by atoms with E-state index in [1.807, 2.05) is 19.1 Å². The van der Waals surface area contributed by atoms with Crippen molar-refractivity contribution >= 4 is 24.0 Å². The lowest BCUT2D eigenvalue weighted by Gasteiger charge is -2.29. The summed E-state index contributed by atoms with van der Waals surface area (Å²) in [5.41, 5.74) is 1.73. The number of hydrogen-bond acceptors (Lipinski definition) is 7. The molecule has 1 aliphatic heterocycles. The Kier molecular flexibility index (Phi) is 8.89. The van der Waals surface area contributed by atoms with Crippen molar-refractivity contribution in [1.82, 2.24) is 10.6 Å². The first-order valence-electron chi connectivity index (χ1n) is 11.1. The second kappa shape index (κ2) is 12.3. The number of amides is 2. The van der Waals surface area contributed by atoms with E-state index in [2.05, 4.69) is 10.6 Å². The average molecular weight is 481 g/mol. The van der Waals surface area contributed by atoms with Gasteiger partial charge in [-0.1, -0.05) is 24.3 Å². The van der Waals surface area contributed by atoms with Crippen LogP contribution in [0.5, 0.6) is 11.5 Å². The molecule has 0 fully saturated rings. The smallest absolute Gasteiger partial charge is 0.338 e. The van der Waals surface area contributed by atoms with Gasteiger partial charge in [0.05, 0.1) is 37.6 Å². The molecule has 0 saturated carbocycles. The Balaban J connectivity index is 1.78. The highest BCUT2D eigenvalue weighted by molar-refractivity contribution is 5.95. The van der Waals surface area contributed by atoms with Crippen LogP contribution in [-0.4, -0.2) is 44.9 Å². The van der Waals surface area contributed by atoms with Gasteiger partial charge in [0.15, 0.2) is 0 Å². The van der Waals surface area contributed by atoms with Gasteiger partial charge in [0.1, 0.15) is 18.1 Å². The first-order chi connectivity index (χ1) is 16.9. The van der Waals surface area contributed by atoms with E-state index in [9.17, 15) is 14.4 Å². The summed E-state index contributed by atoms with van der Waals surface area (Å²) in [5, 5.41) is 5.29. The summed E-state index contributed by atoms with van der Waals surface area (Å²) < 4.78 is 21.1. The van der Waals surface area contributed by atoms with E-state index < -0.39 is 24.0 Å². The Morgan fingerprint density at radius 1 is 0.943 bits per heavy atom. The van der Waals surface area contributed by atoms with Crippen LogP contribution in [0.4, 0.5) is 4.79 Å². The standard InChI is InChI=1S/C26H28N2O7/c1-4-33-20-11-6-17(7-12-20)8-15-22(29)35-16-21-23(25(30)34-5-2)24(28-26(31)27-21)18-9-13-19(32-3)14-10-18/h6-15,24H,4-5,16H2,1-3H3,(H2,27,28,31)/b15-8+. The van der Waals surface area contributed by atoms with E-state index in [-0.39, 0.29) is 24.5 Å².